The molecule has 1 N–H and O–H groups in total. The molecule has 0 spiro atoms. The minimum atomic E-state index is -0.936. The van der Waals surface area contributed by atoms with E-state index in [0.717, 1.165) is 17.8 Å². The highest BCUT2D eigenvalue weighted by molar-refractivity contribution is 6.30. The zero-order valence-electron chi connectivity index (χ0n) is 14.2. The predicted molar refractivity (Wildman–Crippen MR) is 99.8 cm³/mol. The van der Waals surface area contributed by atoms with Crippen LogP contribution < -0.4 is 5.32 Å². The van der Waals surface area contributed by atoms with Crippen molar-refractivity contribution in [2.45, 2.75) is 12.6 Å². The molecule has 2 amide bonds. The van der Waals surface area contributed by atoms with Crippen LogP contribution in [0.4, 0.5) is 19.3 Å². The molecule has 3 aromatic rings. The summed E-state index contributed by atoms with van der Waals surface area (Å²) in [5, 5.41) is 3.41. The van der Waals surface area contributed by atoms with E-state index in [1.54, 1.807) is 29.2 Å². The number of hydrogen-bond acceptors (Lipinski definition) is 1. The zero-order chi connectivity index (χ0) is 19.0. The minimum Gasteiger partial charge on any atom is -0.348 e. The predicted octanol–water partition coefficient (Wildman–Crippen LogP) is 5.06. The molecule has 1 atom stereocenters. The molecule has 4 nitrogen and oxygen atoms in total. The van der Waals surface area contributed by atoms with Crippen molar-refractivity contribution in [3.05, 3.63) is 88.7 Å². The Morgan fingerprint density at radius 3 is 2.56 bits per heavy atom. The van der Waals surface area contributed by atoms with E-state index < -0.39 is 17.7 Å². The molecule has 0 saturated carbocycles. The molecule has 4 rings (SSSR count). The summed E-state index contributed by atoms with van der Waals surface area (Å²) >= 11 is 5.88. The summed E-state index contributed by atoms with van der Waals surface area (Å²) in [4.78, 5) is 14.5. The van der Waals surface area contributed by atoms with Crippen molar-refractivity contribution in [2.24, 2.45) is 0 Å². The SMILES string of the molecule is O=C(Nc1ccc(Cl)cc1)N1CCn2cccc2C1c1ccc(F)c(F)c1. The van der Waals surface area contributed by atoms with Crippen molar-refractivity contribution >= 4 is 23.3 Å². The van der Waals surface area contributed by atoms with Crippen molar-refractivity contribution in [2.75, 3.05) is 11.9 Å². The molecule has 2 heterocycles. The second-order valence-electron chi connectivity index (χ2n) is 6.33. The number of rotatable bonds is 2. The summed E-state index contributed by atoms with van der Waals surface area (Å²) in [5.74, 6) is -1.85. The number of carbonyl (C=O) groups excluding carboxylic acids is 1. The van der Waals surface area contributed by atoms with Gasteiger partial charge >= 0.3 is 6.03 Å². The molecule has 1 aromatic heterocycles. The third-order valence-corrected chi connectivity index (χ3v) is 4.91. The van der Waals surface area contributed by atoms with Gasteiger partial charge in [-0.2, -0.15) is 0 Å². The van der Waals surface area contributed by atoms with Crippen LogP contribution in [-0.4, -0.2) is 22.0 Å². The number of amides is 2. The fourth-order valence-corrected chi connectivity index (χ4v) is 3.49. The Balaban J connectivity index is 1.68. The van der Waals surface area contributed by atoms with Gasteiger partial charge < -0.3 is 14.8 Å². The van der Waals surface area contributed by atoms with E-state index in [2.05, 4.69) is 5.32 Å². The fraction of sp³-hybridized carbons (Fsp3) is 0.150. The number of halogens is 3. The van der Waals surface area contributed by atoms with Gasteiger partial charge in [-0.15, -0.1) is 0 Å². The molecule has 27 heavy (non-hydrogen) atoms. The molecule has 7 heteroatoms. The van der Waals surface area contributed by atoms with Crippen LogP contribution in [0.2, 0.25) is 5.02 Å². The van der Waals surface area contributed by atoms with Crippen molar-refractivity contribution in [1.82, 2.24) is 9.47 Å². The molecule has 1 aliphatic rings. The standard InChI is InChI=1S/C20H16ClF2N3O/c21-14-4-6-15(7-5-14)24-20(27)26-11-10-25-9-1-2-18(25)19(26)13-3-8-16(22)17(23)12-13/h1-9,12,19H,10-11H2,(H,24,27). The first-order valence-electron chi connectivity index (χ1n) is 8.46. The van der Waals surface area contributed by atoms with Crippen LogP contribution in [0.15, 0.2) is 60.8 Å². The third-order valence-electron chi connectivity index (χ3n) is 4.65. The maximum Gasteiger partial charge on any atom is 0.322 e. The number of nitrogens with zero attached hydrogens (tertiary/aromatic N) is 2. The van der Waals surface area contributed by atoms with E-state index >= 15 is 0 Å². The first kappa shape index (κ1) is 17.5. The average Bonchev–Trinajstić information content (AvgIpc) is 3.14. The number of benzene rings is 2. The largest absolute Gasteiger partial charge is 0.348 e. The molecule has 1 aliphatic heterocycles. The lowest BCUT2D eigenvalue weighted by Crippen LogP contribution is -2.44. The van der Waals surface area contributed by atoms with E-state index in [9.17, 15) is 13.6 Å². The monoisotopic (exact) mass is 387 g/mol. The Morgan fingerprint density at radius 2 is 1.81 bits per heavy atom. The first-order valence-corrected chi connectivity index (χ1v) is 8.84. The number of aromatic nitrogens is 1. The van der Waals surface area contributed by atoms with Gasteiger partial charge in [-0.05, 0) is 54.1 Å². The summed E-state index contributed by atoms with van der Waals surface area (Å²) in [5.41, 5.74) is 1.97. The van der Waals surface area contributed by atoms with Crippen LogP contribution in [0.1, 0.15) is 17.3 Å². The van der Waals surface area contributed by atoms with E-state index in [1.807, 2.05) is 22.9 Å². The normalized spacial score (nSPS) is 16.1. The van der Waals surface area contributed by atoms with E-state index in [4.69, 9.17) is 11.6 Å². The van der Waals surface area contributed by atoms with Gasteiger partial charge in [-0.3, -0.25) is 0 Å². The second-order valence-corrected chi connectivity index (χ2v) is 6.77. The highest BCUT2D eigenvalue weighted by atomic mass is 35.5. The van der Waals surface area contributed by atoms with Gasteiger partial charge in [0.15, 0.2) is 11.6 Å². The number of anilines is 1. The Bertz CT molecular complexity index is 987. The van der Waals surface area contributed by atoms with Gasteiger partial charge in [0.25, 0.3) is 0 Å². The van der Waals surface area contributed by atoms with Gasteiger partial charge in [0.2, 0.25) is 0 Å². The Morgan fingerprint density at radius 1 is 1.04 bits per heavy atom. The van der Waals surface area contributed by atoms with Crippen LogP contribution in [0.25, 0.3) is 0 Å². The smallest absolute Gasteiger partial charge is 0.322 e. The Hall–Kier alpha value is -2.86. The van der Waals surface area contributed by atoms with Crippen LogP contribution in [0, 0.1) is 11.6 Å². The third kappa shape index (κ3) is 3.40. The fourth-order valence-electron chi connectivity index (χ4n) is 3.36. The second kappa shape index (κ2) is 7.04. The molecule has 0 aliphatic carbocycles. The summed E-state index contributed by atoms with van der Waals surface area (Å²) in [6.07, 6.45) is 1.91. The molecule has 138 valence electrons. The molecule has 0 saturated heterocycles. The Kier molecular flexibility index (Phi) is 4.58. The minimum absolute atomic E-state index is 0.320. The lowest BCUT2D eigenvalue weighted by Gasteiger charge is -2.37. The van der Waals surface area contributed by atoms with Crippen molar-refractivity contribution in [3.63, 3.8) is 0 Å². The van der Waals surface area contributed by atoms with Crippen LogP contribution in [0.3, 0.4) is 0 Å². The van der Waals surface area contributed by atoms with E-state index in [-0.39, 0.29) is 6.03 Å². The van der Waals surface area contributed by atoms with Gasteiger partial charge in [-0.25, -0.2) is 13.6 Å². The van der Waals surface area contributed by atoms with Crippen LogP contribution >= 0.6 is 11.6 Å². The summed E-state index contributed by atoms with van der Waals surface area (Å²) in [7, 11) is 0. The lowest BCUT2D eigenvalue weighted by atomic mass is 10.00. The molecule has 0 fully saturated rings. The van der Waals surface area contributed by atoms with Crippen LogP contribution in [0.5, 0.6) is 0 Å². The highest BCUT2D eigenvalue weighted by Gasteiger charge is 2.32. The number of fused-ring (bicyclic) bond motifs is 1. The molecule has 0 radical (unpaired) electrons. The lowest BCUT2D eigenvalue weighted by molar-refractivity contribution is 0.181. The Labute approximate surface area is 160 Å². The molecule has 0 bridgehead atoms. The maximum absolute atomic E-state index is 13.8. The van der Waals surface area contributed by atoms with Crippen LogP contribution in [-0.2, 0) is 6.54 Å². The number of carbonyl (C=O) groups is 1. The van der Waals surface area contributed by atoms with E-state index in [0.29, 0.717) is 29.4 Å². The topological polar surface area (TPSA) is 37.3 Å². The van der Waals surface area contributed by atoms with Gasteiger partial charge in [0.1, 0.15) is 0 Å². The highest BCUT2D eigenvalue weighted by Crippen LogP contribution is 2.33. The molecular formula is C20H16ClF2N3O. The first-order chi connectivity index (χ1) is 13.0. The van der Waals surface area contributed by atoms with Crippen molar-refractivity contribution in [3.8, 4) is 0 Å². The molecule has 1 unspecified atom stereocenters. The van der Waals surface area contributed by atoms with E-state index in [1.165, 1.54) is 6.07 Å². The van der Waals surface area contributed by atoms with Gasteiger partial charge in [-0.1, -0.05) is 17.7 Å². The number of nitrogens with one attached hydrogen (secondary N) is 1. The summed E-state index contributed by atoms with van der Waals surface area (Å²) < 4.78 is 29.2. The number of urea groups is 1. The average molecular weight is 388 g/mol. The number of hydrogen-bond donors (Lipinski definition) is 1. The molecular weight excluding hydrogens is 372 g/mol. The van der Waals surface area contributed by atoms with Gasteiger partial charge in [0, 0.05) is 35.7 Å². The van der Waals surface area contributed by atoms with Gasteiger partial charge in [0.05, 0.1) is 6.04 Å². The summed E-state index contributed by atoms with van der Waals surface area (Å²) in [6.45, 7) is 1.06. The summed E-state index contributed by atoms with van der Waals surface area (Å²) in [6, 6.07) is 13.4. The zero-order valence-corrected chi connectivity index (χ0v) is 15.0. The maximum atomic E-state index is 13.8. The van der Waals surface area contributed by atoms with Crippen molar-refractivity contribution in [1.29, 1.82) is 0 Å². The van der Waals surface area contributed by atoms with Crippen molar-refractivity contribution < 1.29 is 13.6 Å². The quantitative estimate of drug-likeness (QED) is 0.656. The molecule has 2 aromatic carbocycles.